The van der Waals surface area contributed by atoms with Crippen LogP contribution in [0.3, 0.4) is 0 Å². The minimum atomic E-state index is -0.610. The van der Waals surface area contributed by atoms with Crippen LogP contribution in [0.15, 0.2) is 0 Å². The lowest BCUT2D eigenvalue weighted by Crippen LogP contribution is -2.63. The van der Waals surface area contributed by atoms with E-state index in [4.69, 9.17) is 9.31 Å². The van der Waals surface area contributed by atoms with Gasteiger partial charge in [0.05, 0.1) is 12.7 Å². The number of hydrogen-bond acceptors (Lipinski definition) is 4. The summed E-state index contributed by atoms with van der Waals surface area (Å²) >= 11 is 0. The van der Waals surface area contributed by atoms with Crippen LogP contribution < -0.4 is 0 Å². The summed E-state index contributed by atoms with van der Waals surface area (Å²) in [5.74, 6) is 2.93. The molecular formula is C22H35BO4. The molecule has 1 spiro atoms. The van der Waals surface area contributed by atoms with Gasteiger partial charge in [-0.05, 0) is 93.7 Å². The van der Waals surface area contributed by atoms with Gasteiger partial charge < -0.3 is 14.4 Å². The van der Waals surface area contributed by atoms with Crippen LogP contribution in [-0.2, 0) is 14.1 Å². The quantitative estimate of drug-likeness (QED) is 0.654. The van der Waals surface area contributed by atoms with Crippen LogP contribution in [0.2, 0.25) is 6.82 Å². The van der Waals surface area contributed by atoms with E-state index in [1.165, 1.54) is 25.7 Å². The highest BCUT2D eigenvalue weighted by atomic mass is 16.6. The van der Waals surface area contributed by atoms with E-state index < -0.39 is 5.60 Å². The third-order valence-electron chi connectivity index (χ3n) is 10.0. The maximum atomic E-state index is 13.0. The van der Waals surface area contributed by atoms with Crippen molar-refractivity contribution >= 4 is 12.9 Å². The molecule has 4 nitrogen and oxygen atoms in total. The Kier molecular flexibility index (Phi) is 4.18. The lowest BCUT2D eigenvalue weighted by molar-refractivity contribution is -0.177. The molecule has 0 radical (unpaired) electrons. The van der Waals surface area contributed by atoms with Crippen LogP contribution in [-0.4, -0.2) is 36.3 Å². The van der Waals surface area contributed by atoms with E-state index in [0.29, 0.717) is 23.2 Å². The fourth-order valence-corrected chi connectivity index (χ4v) is 8.58. The molecule has 5 fully saturated rings. The molecule has 150 valence electrons. The summed E-state index contributed by atoms with van der Waals surface area (Å²) in [4.78, 5) is 13.0. The van der Waals surface area contributed by atoms with Gasteiger partial charge in [0, 0.05) is 5.41 Å². The van der Waals surface area contributed by atoms with Crippen molar-refractivity contribution in [2.45, 2.75) is 90.2 Å². The lowest BCUT2D eigenvalue weighted by atomic mass is 9.44. The number of carbonyl (C=O) groups excluding carboxylic acids is 1. The van der Waals surface area contributed by atoms with Crippen molar-refractivity contribution in [1.29, 1.82) is 0 Å². The van der Waals surface area contributed by atoms with Crippen molar-refractivity contribution in [3.05, 3.63) is 0 Å². The third-order valence-corrected chi connectivity index (χ3v) is 10.0. The van der Waals surface area contributed by atoms with Crippen LogP contribution in [0.4, 0.5) is 0 Å². The molecule has 0 unspecified atom stereocenters. The van der Waals surface area contributed by atoms with Gasteiger partial charge >= 0.3 is 7.12 Å². The second-order valence-corrected chi connectivity index (χ2v) is 10.8. The summed E-state index contributed by atoms with van der Waals surface area (Å²) in [6.07, 6.45) is 9.91. The molecule has 1 heterocycles. The fourth-order valence-electron chi connectivity index (χ4n) is 8.58. The zero-order valence-corrected chi connectivity index (χ0v) is 17.2. The van der Waals surface area contributed by atoms with Crippen molar-refractivity contribution in [3.63, 3.8) is 0 Å². The number of fused-ring (bicyclic) bond motifs is 6. The molecule has 4 saturated carbocycles. The van der Waals surface area contributed by atoms with Gasteiger partial charge in [0.15, 0.2) is 5.78 Å². The molecule has 1 N–H and O–H groups in total. The predicted molar refractivity (Wildman–Crippen MR) is 104 cm³/mol. The zero-order chi connectivity index (χ0) is 19.0. The monoisotopic (exact) mass is 374 g/mol. The first-order valence-corrected chi connectivity index (χ1v) is 11.3. The number of ketones is 1. The summed E-state index contributed by atoms with van der Waals surface area (Å²) in [7, 11) is -0.274. The van der Waals surface area contributed by atoms with Gasteiger partial charge in [0.25, 0.3) is 0 Å². The van der Waals surface area contributed by atoms with Crippen LogP contribution in [0.25, 0.3) is 0 Å². The van der Waals surface area contributed by atoms with Crippen molar-refractivity contribution in [2.75, 3.05) is 6.61 Å². The molecule has 5 aliphatic rings. The van der Waals surface area contributed by atoms with E-state index in [-0.39, 0.29) is 31.0 Å². The number of carbonyl (C=O) groups is 1. The molecule has 5 heteroatoms. The topological polar surface area (TPSA) is 55.8 Å². The first-order chi connectivity index (χ1) is 12.8. The fraction of sp³-hybridized carbons (Fsp3) is 0.955. The van der Waals surface area contributed by atoms with E-state index in [0.717, 1.165) is 38.0 Å². The molecule has 0 amide bonds. The second-order valence-electron chi connectivity index (χ2n) is 10.8. The Balaban J connectivity index is 1.46. The van der Waals surface area contributed by atoms with Crippen molar-refractivity contribution in [3.8, 4) is 0 Å². The van der Waals surface area contributed by atoms with E-state index in [2.05, 4.69) is 13.8 Å². The minimum absolute atomic E-state index is 0.0410. The van der Waals surface area contributed by atoms with E-state index in [9.17, 15) is 9.90 Å². The molecule has 4 aliphatic carbocycles. The highest BCUT2D eigenvalue weighted by Gasteiger charge is 2.68. The summed E-state index contributed by atoms with van der Waals surface area (Å²) < 4.78 is 11.8. The molecule has 27 heavy (non-hydrogen) atoms. The number of aliphatic hydroxyl groups excluding tert-OH is 1. The smallest absolute Gasteiger partial charge is 0.404 e. The van der Waals surface area contributed by atoms with Crippen LogP contribution in [0, 0.1) is 34.5 Å². The zero-order valence-electron chi connectivity index (χ0n) is 17.2. The van der Waals surface area contributed by atoms with Gasteiger partial charge in [0.1, 0.15) is 5.60 Å². The number of rotatable bonds is 0. The average Bonchev–Trinajstić information content (AvgIpc) is 2.92. The van der Waals surface area contributed by atoms with Crippen molar-refractivity contribution in [1.82, 2.24) is 0 Å². The predicted octanol–water partition coefficient (Wildman–Crippen LogP) is 3.86. The number of aliphatic hydroxyl groups is 1. The lowest BCUT2D eigenvalue weighted by Gasteiger charge is -2.62. The van der Waals surface area contributed by atoms with Gasteiger partial charge in [-0.25, -0.2) is 0 Å². The number of hydrogen-bond donors (Lipinski definition) is 1. The van der Waals surface area contributed by atoms with E-state index >= 15 is 0 Å². The Morgan fingerprint density at radius 2 is 1.81 bits per heavy atom. The molecule has 0 aromatic heterocycles. The molecule has 0 aromatic carbocycles. The Labute approximate surface area is 163 Å². The van der Waals surface area contributed by atoms with Crippen LogP contribution >= 0.6 is 0 Å². The Bertz CT molecular complexity index is 640. The van der Waals surface area contributed by atoms with Crippen LogP contribution in [0.5, 0.6) is 0 Å². The van der Waals surface area contributed by atoms with Crippen LogP contribution in [0.1, 0.15) is 71.6 Å². The maximum Gasteiger partial charge on any atom is 0.454 e. The SMILES string of the molecule is CB1OCC(=O)[C@]2(CC[C@H]3[C@@H]4CC[C@@H]5C[C@H](O)CC[C@]5(C)[C@H]4CC[C@@]32C)O1. The summed E-state index contributed by atoms with van der Waals surface area (Å²) in [5.41, 5.74) is -0.269. The Morgan fingerprint density at radius 1 is 1.04 bits per heavy atom. The molecule has 1 aliphatic heterocycles. The average molecular weight is 374 g/mol. The summed E-state index contributed by atoms with van der Waals surface area (Å²) in [6, 6.07) is 0. The molecule has 5 rings (SSSR count). The van der Waals surface area contributed by atoms with E-state index in [1.54, 1.807) is 0 Å². The first kappa shape index (κ1) is 18.6. The second kappa shape index (κ2) is 6.06. The molecular weight excluding hydrogens is 339 g/mol. The van der Waals surface area contributed by atoms with Crippen molar-refractivity contribution in [2.24, 2.45) is 34.5 Å². The number of Topliss-reactive ketones (excluding diaryl/α,β-unsaturated/α-hetero) is 1. The van der Waals surface area contributed by atoms with Gasteiger partial charge in [-0.1, -0.05) is 13.8 Å². The minimum Gasteiger partial charge on any atom is -0.404 e. The van der Waals surface area contributed by atoms with Gasteiger partial charge in [-0.3, -0.25) is 4.79 Å². The third kappa shape index (κ3) is 2.37. The molecule has 0 bridgehead atoms. The highest BCUT2D eigenvalue weighted by molar-refractivity contribution is 6.44. The first-order valence-electron chi connectivity index (χ1n) is 11.3. The summed E-state index contributed by atoms with van der Waals surface area (Å²) in [5, 5.41) is 10.2. The molecule has 0 aromatic rings. The maximum absolute atomic E-state index is 13.0. The van der Waals surface area contributed by atoms with Gasteiger partial charge in [-0.2, -0.15) is 0 Å². The normalized spacial score (nSPS) is 55.2. The summed E-state index contributed by atoms with van der Waals surface area (Å²) in [6.45, 7) is 7.03. The standard InChI is InChI=1S/C22H35BO4/c1-20-9-6-15(24)12-14(20)4-5-16-17(20)7-10-21(2)18(16)8-11-22(21)19(25)13-26-23(3)27-22/h14-18,24H,4-13H2,1-3H3/t14-,15-,16-,17+,18+,20+,21+,22+/m1/s1. The van der Waals surface area contributed by atoms with Gasteiger partial charge in [0.2, 0.25) is 0 Å². The molecule has 1 saturated heterocycles. The Hall–Kier alpha value is -0.385. The van der Waals surface area contributed by atoms with E-state index in [1.807, 2.05) is 6.82 Å². The Morgan fingerprint density at radius 3 is 2.63 bits per heavy atom. The van der Waals surface area contributed by atoms with Gasteiger partial charge in [-0.15, -0.1) is 0 Å². The highest BCUT2D eigenvalue weighted by Crippen LogP contribution is 2.69. The largest absolute Gasteiger partial charge is 0.454 e. The molecule has 8 atom stereocenters. The van der Waals surface area contributed by atoms with Crippen molar-refractivity contribution < 1.29 is 19.2 Å².